The Bertz CT molecular complexity index is 1550. The summed E-state index contributed by atoms with van der Waals surface area (Å²) in [6.45, 7) is 4.09. The lowest BCUT2D eigenvalue weighted by Crippen LogP contribution is -2.23. The van der Waals surface area contributed by atoms with Crippen LogP contribution in [0.1, 0.15) is 17.7 Å². The second-order valence-electron chi connectivity index (χ2n) is 8.09. The van der Waals surface area contributed by atoms with E-state index in [0.29, 0.717) is 21.8 Å². The molecule has 0 atom stereocenters. The highest BCUT2D eigenvalue weighted by atomic mass is 32.1. The van der Waals surface area contributed by atoms with Gasteiger partial charge in [0.2, 0.25) is 11.8 Å². The molecule has 5 aromatic rings. The van der Waals surface area contributed by atoms with Crippen LogP contribution >= 0.6 is 11.3 Å². The number of aryl methyl sites for hydroxylation is 3. The van der Waals surface area contributed by atoms with E-state index in [-0.39, 0.29) is 24.4 Å². The molecule has 5 rings (SSSR count). The maximum atomic E-state index is 13.2. The van der Waals surface area contributed by atoms with Gasteiger partial charge in [-0.1, -0.05) is 35.9 Å². The molecule has 0 fully saturated rings. The molecule has 1 amide bonds. The van der Waals surface area contributed by atoms with E-state index >= 15 is 0 Å². The lowest BCUT2D eigenvalue weighted by Gasteiger charge is -2.08. The van der Waals surface area contributed by atoms with Crippen molar-refractivity contribution in [2.75, 3.05) is 5.32 Å². The van der Waals surface area contributed by atoms with Crippen molar-refractivity contribution >= 4 is 33.1 Å². The van der Waals surface area contributed by atoms with E-state index in [1.807, 2.05) is 61.7 Å². The third-order valence-electron chi connectivity index (χ3n) is 5.52. The van der Waals surface area contributed by atoms with Crippen molar-refractivity contribution < 1.29 is 9.21 Å². The fourth-order valence-corrected chi connectivity index (χ4v) is 4.64. The predicted molar refractivity (Wildman–Crippen MR) is 134 cm³/mol. The SMILES string of the molecule is Cc1ccc(-c2csc3ncn(CCC(=O)Nc4cccc(-c5ncc(C)o5)c4)c(=O)c23)cc1. The van der Waals surface area contributed by atoms with Gasteiger partial charge in [-0.05, 0) is 37.6 Å². The van der Waals surface area contributed by atoms with E-state index < -0.39 is 0 Å². The van der Waals surface area contributed by atoms with Crippen molar-refractivity contribution in [3.8, 4) is 22.6 Å². The zero-order chi connectivity index (χ0) is 23.7. The van der Waals surface area contributed by atoms with Crippen LogP contribution in [-0.4, -0.2) is 20.4 Å². The number of aromatic nitrogens is 3. The van der Waals surface area contributed by atoms with Crippen molar-refractivity contribution in [1.29, 1.82) is 0 Å². The monoisotopic (exact) mass is 470 g/mol. The first kappa shape index (κ1) is 21.8. The minimum Gasteiger partial charge on any atom is -0.441 e. The molecule has 1 N–H and O–H groups in total. The normalized spacial score (nSPS) is 11.1. The number of carbonyl (C=O) groups is 1. The number of nitrogens with one attached hydrogen (secondary N) is 1. The van der Waals surface area contributed by atoms with Gasteiger partial charge in [0.15, 0.2) is 0 Å². The minimum atomic E-state index is -0.197. The Morgan fingerprint density at radius 1 is 1.09 bits per heavy atom. The first-order valence-electron chi connectivity index (χ1n) is 10.8. The summed E-state index contributed by atoms with van der Waals surface area (Å²) in [7, 11) is 0. The molecule has 3 heterocycles. The fourth-order valence-electron chi connectivity index (χ4n) is 3.74. The van der Waals surface area contributed by atoms with Crippen LogP contribution in [0.25, 0.3) is 32.8 Å². The van der Waals surface area contributed by atoms with Gasteiger partial charge < -0.3 is 9.73 Å². The van der Waals surface area contributed by atoms with Crippen LogP contribution in [0.2, 0.25) is 0 Å². The molecule has 170 valence electrons. The molecule has 0 aliphatic heterocycles. The maximum absolute atomic E-state index is 13.2. The quantitative estimate of drug-likeness (QED) is 0.358. The molecule has 0 saturated heterocycles. The second-order valence-corrected chi connectivity index (χ2v) is 8.95. The van der Waals surface area contributed by atoms with E-state index in [1.165, 1.54) is 22.2 Å². The van der Waals surface area contributed by atoms with Gasteiger partial charge in [-0.25, -0.2) is 9.97 Å². The van der Waals surface area contributed by atoms with E-state index in [9.17, 15) is 9.59 Å². The Morgan fingerprint density at radius 2 is 1.91 bits per heavy atom. The highest BCUT2D eigenvalue weighted by Gasteiger charge is 2.14. The first-order chi connectivity index (χ1) is 16.5. The number of oxazole rings is 1. The van der Waals surface area contributed by atoms with E-state index in [4.69, 9.17) is 4.42 Å². The van der Waals surface area contributed by atoms with Gasteiger partial charge >= 0.3 is 0 Å². The van der Waals surface area contributed by atoms with Crippen LogP contribution in [0, 0.1) is 13.8 Å². The number of amides is 1. The molecule has 0 radical (unpaired) electrons. The first-order valence-corrected chi connectivity index (χ1v) is 11.7. The third-order valence-corrected chi connectivity index (χ3v) is 6.40. The summed E-state index contributed by atoms with van der Waals surface area (Å²) in [5.41, 5.74) is 4.28. The summed E-state index contributed by atoms with van der Waals surface area (Å²) in [5, 5.41) is 5.43. The molecule has 0 aliphatic carbocycles. The summed E-state index contributed by atoms with van der Waals surface area (Å²) in [4.78, 5) is 35.2. The molecule has 7 nitrogen and oxygen atoms in total. The van der Waals surface area contributed by atoms with Crippen LogP contribution in [0.15, 0.2) is 75.6 Å². The molecule has 8 heteroatoms. The van der Waals surface area contributed by atoms with Gasteiger partial charge in [0.1, 0.15) is 10.6 Å². The van der Waals surface area contributed by atoms with E-state index in [1.54, 1.807) is 12.3 Å². The number of anilines is 1. The zero-order valence-corrected chi connectivity index (χ0v) is 19.6. The van der Waals surface area contributed by atoms with E-state index in [2.05, 4.69) is 15.3 Å². The van der Waals surface area contributed by atoms with Crippen molar-refractivity contribution in [3.05, 3.63) is 88.1 Å². The number of nitrogens with zero attached hydrogens (tertiary/aromatic N) is 3. The number of benzene rings is 2. The van der Waals surface area contributed by atoms with Crippen LogP contribution in [0.3, 0.4) is 0 Å². The van der Waals surface area contributed by atoms with Crippen molar-refractivity contribution in [2.24, 2.45) is 0 Å². The highest BCUT2D eigenvalue weighted by Crippen LogP contribution is 2.30. The van der Waals surface area contributed by atoms with Gasteiger partial charge in [-0.15, -0.1) is 11.3 Å². The van der Waals surface area contributed by atoms with Gasteiger partial charge in [0.25, 0.3) is 5.56 Å². The van der Waals surface area contributed by atoms with Crippen LogP contribution in [-0.2, 0) is 11.3 Å². The highest BCUT2D eigenvalue weighted by molar-refractivity contribution is 7.17. The number of hydrogen-bond donors (Lipinski definition) is 1. The molecule has 2 aromatic carbocycles. The summed E-state index contributed by atoms with van der Waals surface area (Å²) >= 11 is 1.45. The lowest BCUT2D eigenvalue weighted by atomic mass is 10.1. The largest absolute Gasteiger partial charge is 0.441 e. The average Bonchev–Trinajstić information content (AvgIpc) is 3.46. The zero-order valence-electron chi connectivity index (χ0n) is 18.7. The molecule has 0 unspecified atom stereocenters. The summed E-state index contributed by atoms with van der Waals surface area (Å²) in [6, 6.07) is 15.4. The number of rotatable bonds is 6. The average molecular weight is 471 g/mol. The van der Waals surface area contributed by atoms with Crippen LogP contribution in [0.5, 0.6) is 0 Å². The Hall–Kier alpha value is -4.04. The summed E-state index contributed by atoms with van der Waals surface area (Å²) in [5.74, 6) is 1.02. The van der Waals surface area contributed by atoms with Crippen LogP contribution in [0.4, 0.5) is 5.69 Å². The Morgan fingerprint density at radius 3 is 2.68 bits per heavy atom. The summed E-state index contributed by atoms with van der Waals surface area (Å²) in [6.07, 6.45) is 3.30. The molecule has 34 heavy (non-hydrogen) atoms. The van der Waals surface area contributed by atoms with Gasteiger partial charge in [0.05, 0.1) is 17.9 Å². The Labute approximate surface area is 199 Å². The molecule has 0 aliphatic rings. The molecular weight excluding hydrogens is 448 g/mol. The third kappa shape index (κ3) is 4.40. The molecule has 0 bridgehead atoms. The van der Waals surface area contributed by atoms with Gasteiger partial charge in [-0.2, -0.15) is 0 Å². The van der Waals surface area contributed by atoms with Crippen molar-refractivity contribution in [1.82, 2.24) is 14.5 Å². The second kappa shape index (κ2) is 9.07. The molecule has 0 saturated carbocycles. The smallest absolute Gasteiger partial charge is 0.262 e. The maximum Gasteiger partial charge on any atom is 0.262 e. The molecular formula is C26H22N4O3S. The number of thiophene rings is 1. The van der Waals surface area contributed by atoms with Crippen molar-refractivity contribution in [3.63, 3.8) is 0 Å². The summed E-state index contributed by atoms with van der Waals surface area (Å²) < 4.78 is 7.05. The predicted octanol–water partition coefficient (Wildman–Crippen LogP) is 5.43. The number of fused-ring (bicyclic) bond motifs is 1. The minimum absolute atomic E-state index is 0.138. The van der Waals surface area contributed by atoms with E-state index in [0.717, 1.165) is 28.0 Å². The topological polar surface area (TPSA) is 90.0 Å². The van der Waals surface area contributed by atoms with Gasteiger partial charge in [-0.3, -0.25) is 14.2 Å². The number of carbonyl (C=O) groups excluding carboxylic acids is 1. The number of hydrogen-bond acceptors (Lipinski definition) is 6. The van der Waals surface area contributed by atoms with Gasteiger partial charge in [0, 0.05) is 35.2 Å². The molecule has 0 spiro atoms. The van der Waals surface area contributed by atoms with Crippen LogP contribution < -0.4 is 10.9 Å². The molecule has 3 aromatic heterocycles. The lowest BCUT2D eigenvalue weighted by molar-refractivity contribution is -0.116. The standard InChI is InChI=1S/C26H22N4O3S/c1-16-6-8-18(9-7-16)21-14-34-25-23(21)26(32)30(15-28-25)11-10-22(31)29-20-5-3-4-19(12-20)24-27-13-17(2)33-24/h3-9,12-15H,10-11H2,1-2H3,(H,29,31). The Kier molecular flexibility index (Phi) is 5.81. The Balaban J connectivity index is 1.32. The van der Waals surface area contributed by atoms with Crippen molar-refractivity contribution in [2.45, 2.75) is 26.8 Å². The fraction of sp³-hybridized carbons (Fsp3) is 0.154.